The Bertz CT molecular complexity index is 524. The molecular formula is C16H20NO3-. The standard InChI is InChI=1S/C16H21NO3/c1-15(2)12(9-10-16(15,3)14(19)20)13(18)17-11-7-5-4-6-8-11/h4-8,12H,9-10H2,1-3H3,(H,17,18)(H,19,20)/p-1/t12-,16+/m1/s1. The van der Waals surface area contributed by atoms with Crippen molar-refractivity contribution in [3.05, 3.63) is 30.3 Å². The van der Waals surface area contributed by atoms with E-state index in [0.29, 0.717) is 12.8 Å². The second kappa shape index (κ2) is 4.93. The van der Waals surface area contributed by atoms with Crippen LogP contribution < -0.4 is 10.4 Å². The van der Waals surface area contributed by atoms with Crippen LogP contribution in [-0.4, -0.2) is 11.9 Å². The first-order valence-corrected chi connectivity index (χ1v) is 6.86. The summed E-state index contributed by atoms with van der Waals surface area (Å²) in [5, 5.41) is 14.3. The van der Waals surface area contributed by atoms with Crippen LogP contribution in [0.4, 0.5) is 5.69 Å². The molecular weight excluding hydrogens is 254 g/mol. The van der Waals surface area contributed by atoms with Gasteiger partial charge in [-0.3, -0.25) is 4.79 Å². The van der Waals surface area contributed by atoms with E-state index in [1.165, 1.54) is 0 Å². The molecule has 4 heteroatoms. The third-order valence-corrected chi connectivity index (χ3v) is 5.03. The van der Waals surface area contributed by atoms with Gasteiger partial charge in [0, 0.05) is 23.0 Å². The summed E-state index contributed by atoms with van der Waals surface area (Å²) in [4.78, 5) is 23.8. The molecule has 20 heavy (non-hydrogen) atoms. The van der Waals surface area contributed by atoms with Gasteiger partial charge in [0.05, 0.1) is 0 Å². The molecule has 1 saturated carbocycles. The van der Waals surface area contributed by atoms with Crippen molar-refractivity contribution in [3.8, 4) is 0 Å². The zero-order chi connectivity index (χ0) is 15.0. The molecule has 0 radical (unpaired) electrons. The summed E-state index contributed by atoms with van der Waals surface area (Å²) in [5.74, 6) is -1.52. The summed E-state index contributed by atoms with van der Waals surface area (Å²) in [5.41, 5.74) is -0.869. The minimum atomic E-state index is -1.07. The summed E-state index contributed by atoms with van der Waals surface area (Å²) >= 11 is 0. The lowest BCUT2D eigenvalue weighted by atomic mass is 9.65. The van der Waals surface area contributed by atoms with Gasteiger partial charge in [0.15, 0.2) is 0 Å². The quantitative estimate of drug-likeness (QED) is 0.914. The van der Waals surface area contributed by atoms with Crippen molar-refractivity contribution in [1.29, 1.82) is 0 Å². The van der Waals surface area contributed by atoms with Crippen molar-refractivity contribution in [1.82, 2.24) is 0 Å². The van der Waals surface area contributed by atoms with Crippen LogP contribution in [0.3, 0.4) is 0 Å². The molecule has 1 fully saturated rings. The fraction of sp³-hybridized carbons (Fsp3) is 0.500. The van der Waals surface area contributed by atoms with E-state index in [0.717, 1.165) is 5.69 Å². The Kier molecular flexibility index (Phi) is 3.59. The second-order valence-electron chi connectivity index (χ2n) is 6.29. The zero-order valence-electron chi connectivity index (χ0n) is 12.1. The molecule has 1 N–H and O–H groups in total. The second-order valence-corrected chi connectivity index (χ2v) is 6.29. The molecule has 0 unspecified atom stereocenters. The van der Waals surface area contributed by atoms with Crippen molar-refractivity contribution in [2.75, 3.05) is 5.32 Å². The summed E-state index contributed by atoms with van der Waals surface area (Å²) in [6, 6.07) is 9.21. The number of carboxylic acids is 1. The van der Waals surface area contributed by atoms with E-state index in [1.54, 1.807) is 6.92 Å². The number of hydrogen-bond acceptors (Lipinski definition) is 3. The lowest BCUT2D eigenvalue weighted by Gasteiger charge is -2.41. The van der Waals surface area contributed by atoms with E-state index in [9.17, 15) is 14.7 Å². The van der Waals surface area contributed by atoms with Crippen molar-refractivity contribution in [3.63, 3.8) is 0 Å². The number of rotatable bonds is 3. The van der Waals surface area contributed by atoms with Gasteiger partial charge in [0.25, 0.3) is 0 Å². The van der Waals surface area contributed by atoms with Crippen molar-refractivity contribution in [2.24, 2.45) is 16.7 Å². The van der Waals surface area contributed by atoms with Gasteiger partial charge >= 0.3 is 0 Å². The number of benzene rings is 1. The molecule has 4 nitrogen and oxygen atoms in total. The van der Waals surface area contributed by atoms with Crippen molar-refractivity contribution in [2.45, 2.75) is 33.6 Å². The number of nitrogens with one attached hydrogen (secondary N) is 1. The first kappa shape index (κ1) is 14.6. The molecule has 1 aromatic rings. The Morgan fingerprint density at radius 2 is 1.80 bits per heavy atom. The highest BCUT2D eigenvalue weighted by Gasteiger charge is 2.54. The smallest absolute Gasteiger partial charge is 0.228 e. The zero-order valence-corrected chi connectivity index (χ0v) is 12.1. The normalized spacial score (nSPS) is 28.1. The van der Waals surface area contributed by atoms with Crippen molar-refractivity contribution >= 4 is 17.6 Å². The van der Waals surface area contributed by atoms with E-state index < -0.39 is 16.8 Å². The average molecular weight is 274 g/mol. The summed E-state index contributed by atoms with van der Waals surface area (Å²) in [7, 11) is 0. The van der Waals surface area contributed by atoms with Crippen LogP contribution in [0.5, 0.6) is 0 Å². The molecule has 0 saturated heterocycles. The van der Waals surface area contributed by atoms with Crippen LogP contribution in [0.2, 0.25) is 0 Å². The third-order valence-electron chi connectivity index (χ3n) is 5.03. The molecule has 0 bridgehead atoms. The SMILES string of the molecule is CC1(C)[C@@H](C(=O)Nc2ccccc2)CC[C@@]1(C)C(=O)[O-]. The van der Waals surface area contributed by atoms with Crippen LogP contribution in [-0.2, 0) is 9.59 Å². The number of carboxylic acid groups (broad SMARTS) is 1. The number of para-hydroxylation sites is 1. The number of amides is 1. The molecule has 2 rings (SSSR count). The summed E-state index contributed by atoms with van der Waals surface area (Å²) < 4.78 is 0. The van der Waals surface area contributed by atoms with E-state index >= 15 is 0 Å². The predicted molar refractivity (Wildman–Crippen MR) is 74.7 cm³/mol. The minimum absolute atomic E-state index is 0.119. The molecule has 1 aliphatic carbocycles. The fourth-order valence-corrected chi connectivity index (χ4v) is 3.08. The molecule has 108 valence electrons. The Labute approximate surface area is 119 Å². The van der Waals surface area contributed by atoms with Crippen LogP contribution in [0, 0.1) is 16.7 Å². The van der Waals surface area contributed by atoms with Gasteiger partial charge in [0.1, 0.15) is 0 Å². The summed E-state index contributed by atoms with van der Waals surface area (Å²) in [6.07, 6.45) is 1.03. The van der Waals surface area contributed by atoms with E-state index in [-0.39, 0.29) is 11.8 Å². The monoisotopic (exact) mass is 274 g/mol. The number of anilines is 1. The number of aliphatic carboxylic acids is 1. The first-order chi connectivity index (χ1) is 9.29. The lowest BCUT2D eigenvalue weighted by Crippen LogP contribution is -2.49. The lowest BCUT2D eigenvalue weighted by molar-refractivity contribution is -0.323. The van der Waals surface area contributed by atoms with Gasteiger partial charge in [-0.2, -0.15) is 0 Å². The van der Waals surface area contributed by atoms with E-state index in [1.807, 2.05) is 44.2 Å². The van der Waals surface area contributed by atoms with Crippen LogP contribution in [0.25, 0.3) is 0 Å². The van der Waals surface area contributed by atoms with Crippen molar-refractivity contribution < 1.29 is 14.7 Å². The maximum Gasteiger partial charge on any atom is 0.228 e. The molecule has 1 aliphatic rings. The minimum Gasteiger partial charge on any atom is -0.550 e. The number of carbonyl (C=O) groups is 2. The Hall–Kier alpha value is -1.84. The highest BCUT2D eigenvalue weighted by Crippen LogP contribution is 2.55. The van der Waals surface area contributed by atoms with Gasteiger partial charge in [-0.1, -0.05) is 39.0 Å². The van der Waals surface area contributed by atoms with Gasteiger partial charge in [-0.05, 0) is 30.4 Å². The average Bonchev–Trinajstić information content (AvgIpc) is 2.63. The molecule has 0 spiro atoms. The molecule has 2 atom stereocenters. The Morgan fingerprint density at radius 1 is 1.20 bits per heavy atom. The maximum atomic E-state index is 12.4. The number of hydrogen-bond donors (Lipinski definition) is 1. The Morgan fingerprint density at radius 3 is 2.30 bits per heavy atom. The van der Waals surface area contributed by atoms with E-state index in [2.05, 4.69) is 5.32 Å². The molecule has 1 aromatic carbocycles. The molecule has 0 heterocycles. The van der Waals surface area contributed by atoms with Gasteiger partial charge in [0.2, 0.25) is 5.91 Å². The fourth-order valence-electron chi connectivity index (χ4n) is 3.08. The largest absolute Gasteiger partial charge is 0.550 e. The van der Waals surface area contributed by atoms with E-state index in [4.69, 9.17) is 0 Å². The highest BCUT2D eigenvalue weighted by atomic mass is 16.4. The first-order valence-electron chi connectivity index (χ1n) is 6.86. The van der Waals surface area contributed by atoms with Gasteiger partial charge in [-0.15, -0.1) is 0 Å². The highest BCUT2D eigenvalue weighted by molar-refractivity contribution is 5.94. The van der Waals surface area contributed by atoms with Crippen LogP contribution in [0.15, 0.2) is 30.3 Å². The van der Waals surface area contributed by atoms with Gasteiger partial charge in [-0.25, -0.2) is 0 Å². The predicted octanol–water partition coefficient (Wildman–Crippen LogP) is 1.82. The topological polar surface area (TPSA) is 69.2 Å². The Balaban J connectivity index is 2.18. The van der Waals surface area contributed by atoms with Crippen LogP contribution >= 0.6 is 0 Å². The third kappa shape index (κ3) is 2.19. The van der Waals surface area contributed by atoms with Gasteiger partial charge < -0.3 is 15.2 Å². The molecule has 0 aliphatic heterocycles. The maximum absolute atomic E-state index is 12.4. The number of carbonyl (C=O) groups excluding carboxylic acids is 2. The molecule has 1 amide bonds. The molecule has 0 aromatic heterocycles. The van der Waals surface area contributed by atoms with Crippen LogP contribution in [0.1, 0.15) is 33.6 Å². The summed E-state index contributed by atoms with van der Waals surface area (Å²) in [6.45, 7) is 5.36.